The van der Waals surface area contributed by atoms with Gasteiger partial charge in [-0.2, -0.15) is 0 Å². The third-order valence-corrected chi connectivity index (χ3v) is 2.92. The van der Waals surface area contributed by atoms with Crippen molar-refractivity contribution in [2.75, 3.05) is 53.1 Å². The van der Waals surface area contributed by atoms with Gasteiger partial charge < -0.3 is 20.1 Å². The first-order valence-corrected chi connectivity index (χ1v) is 5.86. The number of piperidine rings is 1. The van der Waals surface area contributed by atoms with Crippen LogP contribution in [-0.2, 0) is 9.47 Å². The molecule has 0 atom stereocenters. The van der Waals surface area contributed by atoms with E-state index < -0.39 is 0 Å². The molecule has 0 aromatic heterocycles. The van der Waals surface area contributed by atoms with Crippen LogP contribution < -0.4 is 5.73 Å². The van der Waals surface area contributed by atoms with E-state index >= 15 is 0 Å². The SMILES string of the molecule is COCC1CCN(CCOCCN)CC1. The molecule has 0 radical (unpaired) electrons. The highest BCUT2D eigenvalue weighted by Crippen LogP contribution is 2.16. The molecule has 0 spiro atoms. The summed E-state index contributed by atoms with van der Waals surface area (Å²) in [6.07, 6.45) is 2.51. The Morgan fingerprint density at radius 3 is 2.60 bits per heavy atom. The molecular formula is C11H24N2O2. The van der Waals surface area contributed by atoms with Crippen LogP contribution >= 0.6 is 0 Å². The van der Waals surface area contributed by atoms with Gasteiger partial charge in [0.25, 0.3) is 0 Å². The fraction of sp³-hybridized carbons (Fsp3) is 1.00. The van der Waals surface area contributed by atoms with Gasteiger partial charge in [0.2, 0.25) is 0 Å². The van der Waals surface area contributed by atoms with Gasteiger partial charge in [0.15, 0.2) is 0 Å². The standard InChI is InChI=1S/C11H24N2O2/c1-14-10-11-2-5-13(6-3-11)7-9-15-8-4-12/h11H,2-10,12H2,1H3. The zero-order chi connectivity index (χ0) is 10.9. The molecule has 0 saturated carbocycles. The predicted octanol–water partition coefficient (Wildman–Crippen LogP) is 0.320. The summed E-state index contributed by atoms with van der Waals surface area (Å²) in [5.74, 6) is 0.760. The monoisotopic (exact) mass is 216 g/mol. The van der Waals surface area contributed by atoms with Crippen molar-refractivity contribution in [3.63, 3.8) is 0 Å². The summed E-state index contributed by atoms with van der Waals surface area (Å²) in [6.45, 7) is 6.43. The van der Waals surface area contributed by atoms with E-state index in [2.05, 4.69) is 4.90 Å². The van der Waals surface area contributed by atoms with Crippen molar-refractivity contribution in [1.29, 1.82) is 0 Å². The first-order valence-electron chi connectivity index (χ1n) is 5.86. The summed E-state index contributed by atoms with van der Waals surface area (Å²) in [7, 11) is 1.78. The Morgan fingerprint density at radius 2 is 2.00 bits per heavy atom. The third kappa shape index (κ3) is 5.47. The van der Waals surface area contributed by atoms with Crippen LogP contribution in [0.5, 0.6) is 0 Å². The summed E-state index contributed by atoms with van der Waals surface area (Å²) in [4.78, 5) is 2.46. The van der Waals surface area contributed by atoms with Gasteiger partial charge in [-0.15, -0.1) is 0 Å². The molecule has 15 heavy (non-hydrogen) atoms. The minimum Gasteiger partial charge on any atom is -0.384 e. The van der Waals surface area contributed by atoms with Gasteiger partial charge in [0, 0.05) is 26.8 Å². The molecule has 4 heteroatoms. The Hall–Kier alpha value is -0.160. The third-order valence-electron chi connectivity index (χ3n) is 2.92. The molecule has 2 N–H and O–H groups in total. The van der Waals surface area contributed by atoms with Gasteiger partial charge in [-0.1, -0.05) is 0 Å². The number of hydrogen-bond acceptors (Lipinski definition) is 4. The topological polar surface area (TPSA) is 47.7 Å². The van der Waals surface area contributed by atoms with Gasteiger partial charge in [-0.25, -0.2) is 0 Å². The maximum Gasteiger partial charge on any atom is 0.0594 e. The molecule has 0 amide bonds. The smallest absolute Gasteiger partial charge is 0.0594 e. The van der Waals surface area contributed by atoms with Crippen LogP contribution in [0.15, 0.2) is 0 Å². The van der Waals surface area contributed by atoms with E-state index in [4.69, 9.17) is 15.2 Å². The van der Waals surface area contributed by atoms with E-state index in [0.717, 1.165) is 25.7 Å². The first kappa shape index (κ1) is 12.9. The molecule has 0 unspecified atom stereocenters. The molecule has 1 heterocycles. The van der Waals surface area contributed by atoms with Crippen molar-refractivity contribution >= 4 is 0 Å². The molecule has 90 valence electrons. The second-order valence-corrected chi connectivity index (χ2v) is 4.14. The summed E-state index contributed by atoms with van der Waals surface area (Å²) in [5.41, 5.74) is 5.35. The van der Waals surface area contributed by atoms with E-state index in [1.54, 1.807) is 7.11 Å². The molecule has 0 aromatic carbocycles. The van der Waals surface area contributed by atoms with Crippen LogP contribution in [0.1, 0.15) is 12.8 Å². The van der Waals surface area contributed by atoms with Crippen LogP contribution in [0.25, 0.3) is 0 Å². The van der Waals surface area contributed by atoms with E-state index in [1.165, 1.54) is 25.9 Å². The van der Waals surface area contributed by atoms with Crippen molar-refractivity contribution in [2.24, 2.45) is 11.7 Å². The highest BCUT2D eigenvalue weighted by Gasteiger charge is 2.18. The largest absolute Gasteiger partial charge is 0.384 e. The zero-order valence-corrected chi connectivity index (χ0v) is 9.78. The lowest BCUT2D eigenvalue weighted by Crippen LogP contribution is -2.37. The average Bonchev–Trinajstić information content (AvgIpc) is 2.27. The average molecular weight is 216 g/mol. The van der Waals surface area contributed by atoms with Crippen molar-refractivity contribution in [3.05, 3.63) is 0 Å². The number of nitrogens with two attached hydrogens (primary N) is 1. The number of likely N-dealkylation sites (tertiary alicyclic amines) is 1. The van der Waals surface area contributed by atoms with E-state index in [9.17, 15) is 0 Å². The Morgan fingerprint density at radius 1 is 1.27 bits per heavy atom. The van der Waals surface area contributed by atoms with Crippen molar-refractivity contribution in [2.45, 2.75) is 12.8 Å². The predicted molar refractivity (Wildman–Crippen MR) is 60.9 cm³/mol. The number of methoxy groups -OCH3 is 1. The van der Waals surface area contributed by atoms with Crippen LogP contribution in [-0.4, -0.2) is 58.0 Å². The summed E-state index contributed by atoms with van der Waals surface area (Å²) >= 11 is 0. The van der Waals surface area contributed by atoms with Crippen LogP contribution in [0.4, 0.5) is 0 Å². The van der Waals surface area contributed by atoms with Gasteiger partial charge in [0.1, 0.15) is 0 Å². The van der Waals surface area contributed by atoms with Crippen molar-refractivity contribution in [3.8, 4) is 0 Å². The normalized spacial score (nSPS) is 19.6. The lowest BCUT2D eigenvalue weighted by Gasteiger charge is -2.31. The molecule has 0 aromatic rings. The summed E-state index contributed by atoms with van der Waals surface area (Å²) < 4.78 is 10.5. The van der Waals surface area contributed by atoms with E-state index in [1.807, 2.05) is 0 Å². The van der Waals surface area contributed by atoms with Crippen LogP contribution in [0.3, 0.4) is 0 Å². The fourth-order valence-corrected chi connectivity index (χ4v) is 1.99. The number of nitrogens with zero attached hydrogens (tertiary/aromatic N) is 1. The van der Waals surface area contributed by atoms with Gasteiger partial charge in [0.05, 0.1) is 13.2 Å². The second kappa shape index (κ2) is 8.05. The number of rotatable bonds is 7. The minimum atomic E-state index is 0.621. The number of ether oxygens (including phenoxy) is 2. The molecule has 0 aliphatic carbocycles. The zero-order valence-electron chi connectivity index (χ0n) is 9.78. The quantitative estimate of drug-likeness (QED) is 0.623. The minimum absolute atomic E-state index is 0.621. The highest BCUT2D eigenvalue weighted by atomic mass is 16.5. The molecule has 1 aliphatic heterocycles. The van der Waals surface area contributed by atoms with Crippen molar-refractivity contribution < 1.29 is 9.47 Å². The molecule has 4 nitrogen and oxygen atoms in total. The van der Waals surface area contributed by atoms with Gasteiger partial charge in [-0.3, -0.25) is 0 Å². The first-order chi connectivity index (χ1) is 7.36. The van der Waals surface area contributed by atoms with E-state index in [0.29, 0.717) is 13.2 Å². The lowest BCUT2D eigenvalue weighted by molar-refractivity contribution is 0.0714. The van der Waals surface area contributed by atoms with Crippen LogP contribution in [0.2, 0.25) is 0 Å². The summed E-state index contributed by atoms with van der Waals surface area (Å²) in [6, 6.07) is 0. The second-order valence-electron chi connectivity index (χ2n) is 4.14. The van der Waals surface area contributed by atoms with Crippen molar-refractivity contribution in [1.82, 2.24) is 4.90 Å². The van der Waals surface area contributed by atoms with Crippen LogP contribution in [0, 0.1) is 5.92 Å². The molecular weight excluding hydrogens is 192 g/mol. The Labute approximate surface area is 92.7 Å². The molecule has 1 aliphatic rings. The molecule has 0 bridgehead atoms. The summed E-state index contributed by atoms with van der Waals surface area (Å²) in [5, 5.41) is 0. The lowest BCUT2D eigenvalue weighted by atomic mass is 9.98. The van der Waals surface area contributed by atoms with E-state index in [-0.39, 0.29) is 0 Å². The van der Waals surface area contributed by atoms with Gasteiger partial charge >= 0.3 is 0 Å². The van der Waals surface area contributed by atoms with Gasteiger partial charge in [-0.05, 0) is 31.8 Å². The maximum absolute atomic E-state index is 5.37. The Balaban J connectivity index is 1.99. The Bertz CT molecular complexity index is 145. The number of hydrogen-bond donors (Lipinski definition) is 1. The maximum atomic E-state index is 5.37. The fourth-order valence-electron chi connectivity index (χ4n) is 1.99. The Kier molecular flexibility index (Phi) is 6.92. The molecule has 1 saturated heterocycles. The molecule has 1 rings (SSSR count). The highest BCUT2D eigenvalue weighted by molar-refractivity contribution is 4.71. The molecule has 1 fully saturated rings.